The Morgan fingerprint density at radius 3 is 2.11 bits per heavy atom. The molecule has 1 aromatic carbocycles. The van der Waals surface area contributed by atoms with Crippen molar-refractivity contribution in [3.05, 3.63) is 79.9 Å². The Labute approximate surface area is 170 Å². The number of fused-ring (bicyclic) bond motifs is 3. The van der Waals surface area contributed by atoms with E-state index in [2.05, 4.69) is 67.8 Å². The van der Waals surface area contributed by atoms with E-state index in [4.69, 9.17) is 0 Å². The molecule has 4 aliphatic rings. The Kier molecular flexibility index (Phi) is 6.38. The molecule has 6 atom stereocenters. The van der Waals surface area contributed by atoms with E-state index in [0.29, 0.717) is 0 Å². The van der Waals surface area contributed by atoms with Gasteiger partial charge in [0.2, 0.25) is 0 Å². The molecule has 0 nitrogen and oxygen atoms in total. The predicted molar refractivity (Wildman–Crippen MR) is 119 cm³/mol. The van der Waals surface area contributed by atoms with Crippen LogP contribution in [0.4, 0.5) is 0 Å². The zero-order valence-electron chi connectivity index (χ0n) is 16.4. The predicted octanol–water partition coefficient (Wildman–Crippen LogP) is 7.23. The maximum absolute atomic E-state index is 3.36. The van der Waals surface area contributed by atoms with E-state index in [1.165, 1.54) is 25.8 Å². The monoisotopic (exact) mass is 412 g/mol. The summed E-state index contributed by atoms with van der Waals surface area (Å²) in [6.45, 7) is 7.94. The Morgan fingerprint density at radius 2 is 1.48 bits per heavy atom. The van der Waals surface area contributed by atoms with Gasteiger partial charge in [-0.05, 0) is 0 Å². The molecule has 0 radical (unpaired) electrons. The van der Waals surface area contributed by atoms with Crippen LogP contribution in [0.2, 0.25) is 13.7 Å². The van der Waals surface area contributed by atoms with Crippen molar-refractivity contribution >= 4 is 11.9 Å². The van der Waals surface area contributed by atoms with E-state index in [-0.39, 0.29) is 0 Å². The first-order valence-electron chi connectivity index (χ1n) is 10.7. The minimum absolute atomic E-state index is 0.902. The second-order valence-electron chi connectivity index (χ2n) is 8.68. The van der Waals surface area contributed by atoms with Gasteiger partial charge in [0, 0.05) is 0 Å². The van der Waals surface area contributed by atoms with Crippen LogP contribution in [0.15, 0.2) is 79.9 Å². The van der Waals surface area contributed by atoms with E-state index in [1.54, 1.807) is 33.3 Å². The van der Waals surface area contributed by atoms with E-state index in [0.717, 1.165) is 27.9 Å². The molecule has 2 saturated carbocycles. The third kappa shape index (κ3) is 4.05. The minimum atomic E-state index is -1.62. The molecular weight excluding hydrogens is 379 g/mol. The quantitative estimate of drug-likeness (QED) is 0.278. The van der Waals surface area contributed by atoms with Crippen molar-refractivity contribution in [1.29, 1.82) is 0 Å². The van der Waals surface area contributed by atoms with Crippen molar-refractivity contribution in [3.63, 3.8) is 0 Å². The van der Waals surface area contributed by atoms with Crippen molar-refractivity contribution in [2.45, 2.75) is 39.4 Å². The van der Waals surface area contributed by atoms with Crippen LogP contribution in [0.5, 0.6) is 0 Å². The fourth-order valence-electron chi connectivity index (χ4n) is 6.09. The molecule has 5 rings (SSSR count). The van der Waals surface area contributed by atoms with Gasteiger partial charge in [-0.2, -0.15) is 0 Å². The zero-order valence-corrected chi connectivity index (χ0v) is 19.0. The summed E-state index contributed by atoms with van der Waals surface area (Å²) >= 11 is -1.62. The number of rotatable bonds is 4. The van der Waals surface area contributed by atoms with E-state index < -0.39 is 16.1 Å². The average molecular weight is 412 g/mol. The summed E-state index contributed by atoms with van der Waals surface area (Å²) in [5.74, 6) is 3.94. The Morgan fingerprint density at radius 1 is 0.852 bits per heavy atom. The Hall–Kier alpha value is -0.676. The maximum Gasteiger partial charge on any atom is -0.0701 e. The molecule has 0 N–H and O–H groups in total. The number of hydrogen-bond donors (Lipinski definition) is 0. The molecule has 2 heteroatoms. The topological polar surface area (TPSA) is 0 Å². The van der Waals surface area contributed by atoms with Crippen molar-refractivity contribution in [2.75, 3.05) is 0 Å². The summed E-state index contributed by atoms with van der Waals surface area (Å²) < 4.78 is 4.48. The van der Waals surface area contributed by atoms with Crippen LogP contribution in [0.1, 0.15) is 25.7 Å². The fourth-order valence-corrected chi connectivity index (χ4v) is 23.5. The molecular formula is C25H33PTi. The minimum Gasteiger partial charge on any atom is -0.0991 e. The molecule has 1 aliphatic heterocycles. The second kappa shape index (κ2) is 8.77. The molecule has 1 aromatic rings. The molecule has 3 fully saturated rings. The number of benzene rings is 1. The average Bonchev–Trinajstić information content (AvgIpc) is 3.41. The second-order valence-corrected chi connectivity index (χ2v) is 21.0. The molecule has 1 saturated heterocycles. The summed E-state index contributed by atoms with van der Waals surface area (Å²) in [5, 5.41) is 1.68. The summed E-state index contributed by atoms with van der Waals surface area (Å²) in [6, 6.07) is 11.5. The number of allylic oxidation sites excluding steroid dienone is 6. The van der Waals surface area contributed by atoms with E-state index in [1.807, 2.05) is 0 Å². The third-order valence-corrected chi connectivity index (χ3v) is 21.2. The molecule has 0 amide bonds. The smallest absolute Gasteiger partial charge is 0.0701 e. The molecule has 0 spiro atoms. The number of hydrogen-bond acceptors (Lipinski definition) is 0. The van der Waals surface area contributed by atoms with Gasteiger partial charge < -0.3 is 0 Å². The van der Waals surface area contributed by atoms with E-state index >= 15 is 0 Å². The molecule has 0 bridgehead atoms. The zero-order chi connectivity index (χ0) is 18.7. The first-order valence-corrected chi connectivity index (χ1v) is 17.2. The molecule has 6 unspecified atom stereocenters. The largest absolute Gasteiger partial charge is 0.0991 e. The maximum atomic E-state index is 3.36. The van der Waals surface area contributed by atoms with Gasteiger partial charge in [-0.15, -0.1) is 0 Å². The van der Waals surface area contributed by atoms with Crippen molar-refractivity contribution in [2.24, 2.45) is 23.7 Å². The molecule has 142 valence electrons. The summed E-state index contributed by atoms with van der Waals surface area (Å²) in [5.41, 5.74) is 0. The van der Waals surface area contributed by atoms with Crippen LogP contribution in [0, 0.1) is 23.7 Å². The van der Waals surface area contributed by atoms with Crippen LogP contribution in [-0.4, -0.2) is 0 Å². The molecule has 3 aliphatic carbocycles. The van der Waals surface area contributed by atoms with Gasteiger partial charge in [0.15, 0.2) is 0 Å². The third-order valence-electron chi connectivity index (χ3n) is 7.23. The standard InChI is InChI=1S/C13H17.C6H6P.C4H6.C2H4.Ti/c1-3-7-12-10(5-1)9-11-6-2-4-8-13(11)12;7-6-4-2-1-3-5-6;1-3-4-2;1-2;/h1,3,5,7,9-13H,2,4,6,8H2;1-5,7H;3-4H,1-2H2;1-2H2;/q;-1;;;+1. The van der Waals surface area contributed by atoms with E-state index in [9.17, 15) is 0 Å². The Balaban J connectivity index is 0.000000413. The molecule has 27 heavy (non-hydrogen) atoms. The van der Waals surface area contributed by atoms with Crippen LogP contribution in [-0.2, 0) is 16.1 Å². The van der Waals surface area contributed by atoms with Gasteiger partial charge in [0.25, 0.3) is 0 Å². The van der Waals surface area contributed by atoms with Crippen molar-refractivity contribution in [1.82, 2.24) is 0 Å². The van der Waals surface area contributed by atoms with Gasteiger partial charge in [-0.3, -0.25) is 0 Å². The van der Waals surface area contributed by atoms with Crippen LogP contribution in [0.3, 0.4) is 0 Å². The van der Waals surface area contributed by atoms with Gasteiger partial charge in [-0.25, -0.2) is 0 Å². The van der Waals surface area contributed by atoms with Gasteiger partial charge in [0.05, 0.1) is 0 Å². The molecule has 0 aromatic heterocycles. The van der Waals surface area contributed by atoms with Gasteiger partial charge >= 0.3 is 146 Å². The van der Waals surface area contributed by atoms with Crippen LogP contribution in [0.25, 0.3) is 0 Å². The SMILES string of the molecule is C1=CC2C(C=C1)[CH]([Ti]1([PH]c3ccccc3)[CH2][CH2]1)C1CCCCC21.C=CC=C. The normalized spacial score (nSPS) is 35.0. The van der Waals surface area contributed by atoms with Crippen LogP contribution >= 0.6 is 6.57 Å². The summed E-state index contributed by atoms with van der Waals surface area (Å²) in [6.07, 6.45) is 19.3. The van der Waals surface area contributed by atoms with Crippen molar-refractivity contribution < 1.29 is 16.1 Å². The first-order chi connectivity index (χ1) is 13.3. The Bertz CT molecular complexity index is 709. The first kappa shape index (κ1) is 19.6. The summed E-state index contributed by atoms with van der Waals surface area (Å²) in [7, 11) is 0. The van der Waals surface area contributed by atoms with Crippen LogP contribution < -0.4 is 5.30 Å². The fraction of sp³-hybridized carbons (Fsp3) is 0.440. The molecule has 1 heterocycles. The van der Waals surface area contributed by atoms with Gasteiger partial charge in [0.1, 0.15) is 0 Å². The van der Waals surface area contributed by atoms with Gasteiger partial charge in [-0.1, -0.05) is 25.3 Å². The van der Waals surface area contributed by atoms with Crippen molar-refractivity contribution in [3.8, 4) is 0 Å². The summed E-state index contributed by atoms with van der Waals surface area (Å²) in [4.78, 5) is 0.